The Morgan fingerprint density at radius 2 is 1.68 bits per heavy atom. The van der Waals surface area contributed by atoms with Crippen molar-refractivity contribution >= 4 is 26.7 Å². The van der Waals surface area contributed by atoms with Gasteiger partial charge in [-0.15, -0.1) is 0 Å². The van der Waals surface area contributed by atoms with Gasteiger partial charge in [-0.2, -0.15) is 4.31 Å². The fourth-order valence-corrected chi connectivity index (χ4v) is 5.42. The highest BCUT2D eigenvalue weighted by Gasteiger charge is 2.32. The fourth-order valence-electron chi connectivity index (χ4n) is 3.91. The van der Waals surface area contributed by atoms with Crippen molar-refractivity contribution in [1.29, 1.82) is 0 Å². The van der Waals surface area contributed by atoms with Gasteiger partial charge in [-0.3, -0.25) is 4.79 Å². The van der Waals surface area contributed by atoms with Crippen molar-refractivity contribution in [2.24, 2.45) is 5.92 Å². The number of ether oxygens (including phenoxy) is 1. The Bertz CT molecular complexity index is 1170. The fraction of sp³-hybridized carbons (Fsp3) is 0.292. The lowest BCUT2D eigenvalue weighted by molar-refractivity contribution is -0.126. The Kier molecular flexibility index (Phi) is 6.25. The monoisotopic (exact) mass is 438 g/mol. The quantitative estimate of drug-likeness (QED) is 0.639. The van der Waals surface area contributed by atoms with Crippen LogP contribution in [0, 0.1) is 5.92 Å². The number of methoxy groups -OCH3 is 1. The van der Waals surface area contributed by atoms with Crippen LogP contribution in [0.25, 0.3) is 10.8 Å². The number of piperidine rings is 1. The molecule has 162 valence electrons. The van der Waals surface area contributed by atoms with E-state index in [1.807, 2.05) is 54.6 Å². The molecule has 6 nitrogen and oxygen atoms in total. The van der Waals surface area contributed by atoms with E-state index in [1.165, 1.54) is 4.31 Å². The third kappa shape index (κ3) is 4.73. The Hall–Kier alpha value is -2.90. The van der Waals surface area contributed by atoms with Crippen molar-refractivity contribution < 1.29 is 17.9 Å². The van der Waals surface area contributed by atoms with Crippen LogP contribution in [0.3, 0.4) is 0 Å². The number of carbonyl (C=O) groups excluding carboxylic acids is 1. The van der Waals surface area contributed by atoms with Crippen LogP contribution in [0.4, 0.5) is 0 Å². The lowest BCUT2D eigenvalue weighted by atomic mass is 9.97. The number of amides is 1. The minimum atomic E-state index is -3.57. The summed E-state index contributed by atoms with van der Waals surface area (Å²) in [6.45, 7) is 1.13. The van der Waals surface area contributed by atoms with Gasteiger partial charge in [0.05, 0.1) is 12.0 Å². The van der Waals surface area contributed by atoms with Gasteiger partial charge in [0.25, 0.3) is 0 Å². The zero-order valence-corrected chi connectivity index (χ0v) is 18.3. The third-order valence-electron chi connectivity index (χ3n) is 5.81. The second-order valence-corrected chi connectivity index (χ2v) is 9.69. The zero-order valence-electron chi connectivity index (χ0n) is 17.5. The number of nitrogens with one attached hydrogen (secondary N) is 1. The van der Waals surface area contributed by atoms with Crippen molar-refractivity contribution in [1.82, 2.24) is 9.62 Å². The van der Waals surface area contributed by atoms with E-state index in [1.54, 1.807) is 19.2 Å². The number of fused-ring (bicyclic) bond motifs is 1. The summed E-state index contributed by atoms with van der Waals surface area (Å²) in [4.78, 5) is 12.9. The number of hydrogen-bond acceptors (Lipinski definition) is 4. The second kappa shape index (κ2) is 9.08. The van der Waals surface area contributed by atoms with E-state index < -0.39 is 10.0 Å². The molecular weight excluding hydrogens is 412 g/mol. The highest BCUT2D eigenvalue weighted by atomic mass is 32.2. The minimum absolute atomic E-state index is 0.0291. The minimum Gasteiger partial charge on any atom is -0.497 e. The standard InChI is InChI=1S/C24H26N2O4S/c1-30-22-9-6-18(7-10-22)17-25-24(27)20-12-14-26(15-13-20)31(28,29)23-11-8-19-4-2-3-5-21(19)16-23/h2-11,16,20H,12-15,17H2,1H3,(H,25,27). The Labute approximate surface area is 182 Å². The van der Waals surface area contributed by atoms with E-state index in [-0.39, 0.29) is 11.8 Å². The first-order valence-corrected chi connectivity index (χ1v) is 11.8. The summed E-state index contributed by atoms with van der Waals surface area (Å²) >= 11 is 0. The molecule has 0 atom stereocenters. The van der Waals surface area contributed by atoms with E-state index in [0.717, 1.165) is 22.1 Å². The van der Waals surface area contributed by atoms with E-state index in [0.29, 0.717) is 37.4 Å². The summed E-state index contributed by atoms with van der Waals surface area (Å²) < 4.78 is 32.8. The van der Waals surface area contributed by atoms with Crippen LogP contribution in [-0.2, 0) is 21.4 Å². The number of rotatable bonds is 6. The van der Waals surface area contributed by atoms with Crippen molar-refractivity contribution in [2.75, 3.05) is 20.2 Å². The molecule has 4 rings (SSSR count). The number of benzene rings is 3. The van der Waals surface area contributed by atoms with Gasteiger partial charge in [0.1, 0.15) is 5.75 Å². The Balaban J connectivity index is 1.35. The van der Waals surface area contributed by atoms with Crippen LogP contribution in [-0.4, -0.2) is 38.8 Å². The molecule has 3 aromatic carbocycles. The van der Waals surface area contributed by atoms with Crippen LogP contribution >= 0.6 is 0 Å². The molecule has 0 bridgehead atoms. The normalized spacial score (nSPS) is 15.6. The van der Waals surface area contributed by atoms with Gasteiger partial charge in [0, 0.05) is 25.6 Å². The highest BCUT2D eigenvalue weighted by molar-refractivity contribution is 7.89. The predicted octanol–water partition coefficient (Wildman–Crippen LogP) is 3.57. The summed E-state index contributed by atoms with van der Waals surface area (Å²) in [5.41, 5.74) is 0.991. The molecule has 1 amide bonds. The highest BCUT2D eigenvalue weighted by Crippen LogP contribution is 2.26. The first-order valence-electron chi connectivity index (χ1n) is 10.4. The maximum absolute atomic E-state index is 13.1. The maximum Gasteiger partial charge on any atom is 0.243 e. The smallest absolute Gasteiger partial charge is 0.243 e. The Morgan fingerprint density at radius 1 is 1.00 bits per heavy atom. The van der Waals surface area contributed by atoms with E-state index in [2.05, 4.69) is 5.32 Å². The topological polar surface area (TPSA) is 75.7 Å². The first-order chi connectivity index (χ1) is 15.0. The molecule has 1 aliphatic heterocycles. The van der Waals surface area contributed by atoms with Gasteiger partial charge in [-0.05, 0) is 53.4 Å². The second-order valence-electron chi connectivity index (χ2n) is 7.75. The van der Waals surface area contributed by atoms with E-state index >= 15 is 0 Å². The molecule has 31 heavy (non-hydrogen) atoms. The number of sulfonamides is 1. The van der Waals surface area contributed by atoms with E-state index in [9.17, 15) is 13.2 Å². The molecule has 1 saturated heterocycles. The first kappa shape index (κ1) is 21.3. The van der Waals surface area contributed by atoms with Gasteiger partial charge in [-0.1, -0.05) is 42.5 Å². The molecule has 0 aromatic heterocycles. The number of carbonyl (C=O) groups is 1. The van der Waals surface area contributed by atoms with Gasteiger partial charge in [0.2, 0.25) is 15.9 Å². The average Bonchev–Trinajstić information content (AvgIpc) is 2.82. The summed E-state index contributed by atoms with van der Waals surface area (Å²) in [5, 5.41) is 4.87. The summed E-state index contributed by atoms with van der Waals surface area (Å²) in [6, 6.07) is 20.5. The van der Waals surface area contributed by atoms with Crippen molar-refractivity contribution in [3.05, 3.63) is 72.3 Å². The summed E-state index contributed by atoms with van der Waals surface area (Å²) in [6.07, 6.45) is 1.03. The van der Waals surface area contributed by atoms with Crippen molar-refractivity contribution in [2.45, 2.75) is 24.3 Å². The lowest BCUT2D eigenvalue weighted by Gasteiger charge is -2.30. The van der Waals surface area contributed by atoms with Gasteiger partial charge in [0.15, 0.2) is 0 Å². The molecule has 1 fully saturated rings. The SMILES string of the molecule is COc1ccc(CNC(=O)C2CCN(S(=O)(=O)c3ccc4ccccc4c3)CC2)cc1. The molecule has 1 aliphatic rings. The summed E-state index contributed by atoms with van der Waals surface area (Å²) in [7, 11) is -1.96. The lowest BCUT2D eigenvalue weighted by Crippen LogP contribution is -2.42. The van der Waals surface area contributed by atoms with Crippen LogP contribution in [0.15, 0.2) is 71.6 Å². The van der Waals surface area contributed by atoms with Crippen LogP contribution < -0.4 is 10.1 Å². The van der Waals surface area contributed by atoms with Crippen LogP contribution in [0.5, 0.6) is 5.75 Å². The zero-order chi connectivity index (χ0) is 21.8. The molecular formula is C24H26N2O4S. The van der Waals surface area contributed by atoms with Crippen LogP contribution in [0.1, 0.15) is 18.4 Å². The largest absolute Gasteiger partial charge is 0.497 e. The maximum atomic E-state index is 13.1. The number of nitrogens with zero attached hydrogens (tertiary/aromatic N) is 1. The summed E-state index contributed by atoms with van der Waals surface area (Å²) in [5.74, 6) is 0.565. The molecule has 7 heteroatoms. The molecule has 0 aliphatic carbocycles. The van der Waals surface area contributed by atoms with Gasteiger partial charge in [-0.25, -0.2) is 8.42 Å². The molecule has 3 aromatic rings. The molecule has 1 heterocycles. The van der Waals surface area contributed by atoms with Gasteiger partial charge < -0.3 is 10.1 Å². The average molecular weight is 439 g/mol. The van der Waals surface area contributed by atoms with E-state index in [4.69, 9.17) is 4.74 Å². The number of hydrogen-bond donors (Lipinski definition) is 1. The predicted molar refractivity (Wildman–Crippen MR) is 120 cm³/mol. The molecule has 0 unspecified atom stereocenters. The van der Waals surface area contributed by atoms with Crippen molar-refractivity contribution in [3.63, 3.8) is 0 Å². The molecule has 0 radical (unpaired) electrons. The Morgan fingerprint density at radius 3 is 2.35 bits per heavy atom. The third-order valence-corrected chi connectivity index (χ3v) is 7.70. The van der Waals surface area contributed by atoms with Crippen molar-refractivity contribution in [3.8, 4) is 5.75 Å². The van der Waals surface area contributed by atoms with Gasteiger partial charge >= 0.3 is 0 Å². The molecule has 1 N–H and O–H groups in total. The molecule has 0 saturated carbocycles. The van der Waals surface area contributed by atoms with Crippen LogP contribution in [0.2, 0.25) is 0 Å². The molecule has 0 spiro atoms.